The molecule has 1 heterocycles. The van der Waals surface area contributed by atoms with Crippen LogP contribution in [0.25, 0.3) is 0 Å². The number of hydrogen-bond acceptors (Lipinski definition) is 3. The summed E-state index contributed by atoms with van der Waals surface area (Å²) >= 11 is 0. The van der Waals surface area contributed by atoms with Gasteiger partial charge in [0.25, 0.3) is 0 Å². The first-order chi connectivity index (χ1) is 9.72. The molecule has 2 unspecified atom stereocenters. The zero-order valence-electron chi connectivity index (χ0n) is 13.2. The molecule has 0 bridgehead atoms. The largest absolute Gasteiger partial charge is 0.315 e. The molecule has 1 N–H and O–H groups in total. The van der Waals surface area contributed by atoms with Gasteiger partial charge >= 0.3 is 0 Å². The number of nitrogens with zero attached hydrogens (tertiary/aromatic N) is 2. The monoisotopic (exact) mass is 275 g/mol. The molecule has 1 aromatic carbocycles. The lowest BCUT2D eigenvalue weighted by molar-refractivity contribution is 0.0602. The van der Waals surface area contributed by atoms with Crippen molar-refractivity contribution in [3.05, 3.63) is 35.9 Å². The smallest absolute Gasteiger partial charge is 0.0476 e. The summed E-state index contributed by atoms with van der Waals surface area (Å²) in [7, 11) is 2.22. The van der Waals surface area contributed by atoms with E-state index in [1.54, 1.807) is 0 Å². The van der Waals surface area contributed by atoms with Gasteiger partial charge in [0.05, 0.1) is 0 Å². The Bertz CT molecular complexity index is 379. The van der Waals surface area contributed by atoms with E-state index in [1.807, 2.05) is 0 Å². The molecule has 20 heavy (non-hydrogen) atoms. The molecular formula is C17H29N3. The maximum absolute atomic E-state index is 3.61. The van der Waals surface area contributed by atoms with Crippen molar-refractivity contribution in [3.8, 4) is 0 Å². The first-order valence-corrected chi connectivity index (χ1v) is 7.92. The zero-order chi connectivity index (χ0) is 14.4. The third kappa shape index (κ3) is 4.05. The number of hydrogen-bond donors (Lipinski definition) is 1. The molecule has 1 saturated heterocycles. The summed E-state index contributed by atoms with van der Waals surface area (Å²) < 4.78 is 0. The molecule has 1 aliphatic rings. The number of piperazine rings is 1. The highest BCUT2D eigenvalue weighted by Gasteiger charge is 2.28. The molecule has 1 fully saturated rings. The Morgan fingerprint density at radius 2 is 2.00 bits per heavy atom. The van der Waals surface area contributed by atoms with Crippen molar-refractivity contribution in [2.45, 2.75) is 32.4 Å². The van der Waals surface area contributed by atoms with E-state index in [1.165, 1.54) is 18.5 Å². The van der Waals surface area contributed by atoms with Crippen molar-refractivity contribution >= 4 is 0 Å². The van der Waals surface area contributed by atoms with E-state index in [0.717, 1.165) is 26.2 Å². The number of rotatable bonds is 6. The number of nitrogens with one attached hydrogen (secondary N) is 1. The Kier molecular flexibility index (Phi) is 6.02. The van der Waals surface area contributed by atoms with Gasteiger partial charge < -0.3 is 10.2 Å². The standard InChI is InChI=1S/C17H29N3/c1-4-10-18-13-17(16-8-6-5-7-9-16)20-12-11-19(3)14-15(20)2/h5-9,15,17-18H,4,10-14H2,1-3H3. The summed E-state index contributed by atoms with van der Waals surface area (Å²) in [5.74, 6) is 0. The van der Waals surface area contributed by atoms with Crippen LogP contribution in [0.2, 0.25) is 0 Å². The average Bonchev–Trinajstić information content (AvgIpc) is 2.46. The zero-order valence-corrected chi connectivity index (χ0v) is 13.2. The van der Waals surface area contributed by atoms with Crippen LogP contribution in [-0.4, -0.2) is 55.6 Å². The van der Waals surface area contributed by atoms with Gasteiger partial charge in [0, 0.05) is 38.3 Å². The van der Waals surface area contributed by atoms with E-state index in [9.17, 15) is 0 Å². The third-order valence-corrected chi connectivity index (χ3v) is 4.23. The van der Waals surface area contributed by atoms with Gasteiger partial charge in [-0.05, 0) is 32.5 Å². The molecule has 0 aromatic heterocycles. The van der Waals surface area contributed by atoms with Crippen LogP contribution < -0.4 is 5.32 Å². The van der Waals surface area contributed by atoms with Crippen molar-refractivity contribution < 1.29 is 0 Å². The molecule has 1 aliphatic heterocycles. The predicted molar refractivity (Wildman–Crippen MR) is 86.0 cm³/mol. The summed E-state index contributed by atoms with van der Waals surface area (Å²) in [6.45, 7) is 10.2. The second-order valence-corrected chi connectivity index (χ2v) is 5.98. The summed E-state index contributed by atoms with van der Waals surface area (Å²) in [5, 5.41) is 3.61. The van der Waals surface area contributed by atoms with Gasteiger partial charge in [-0.3, -0.25) is 4.90 Å². The van der Waals surface area contributed by atoms with Crippen LogP contribution in [-0.2, 0) is 0 Å². The Labute approximate surface area is 124 Å². The quantitative estimate of drug-likeness (QED) is 0.804. The Morgan fingerprint density at radius 1 is 1.25 bits per heavy atom. The lowest BCUT2D eigenvalue weighted by Crippen LogP contribution is -2.53. The van der Waals surface area contributed by atoms with Gasteiger partial charge in [0.1, 0.15) is 0 Å². The second kappa shape index (κ2) is 7.77. The number of benzene rings is 1. The second-order valence-electron chi connectivity index (χ2n) is 5.98. The normalized spacial score (nSPS) is 22.9. The minimum absolute atomic E-state index is 0.492. The highest BCUT2D eigenvalue weighted by molar-refractivity contribution is 5.20. The number of likely N-dealkylation sites (N-methyl/N-ethyl adjacent to an activating group) is 1. The summed E-state index contributed by atoms with van der Waals surface area (Å²) in [6, 6.07) is 12.1. The van der Waals surface area contributed by atoms with Crippen molar-refractivity contribution in [2.24, 2.45) is 0 Å². The van der Waals surface area contributed by atoms with E-state index in [-0.39, 0.29) is 0 Å². The molecule has 112 valence electrons. The Morgan fingerprint density at radius 3 is 2.65 bits per heavy atom. The lowest BCUT2D eigenvalue weighted by Gasteiger charge is -2.43. The predicted octanol–water partition coefficient (Wildman–Crippen LogP) is 2.36. The van der Waals surface area contributed by atoms with Crippen LogP contribution in [0, 0.1) is 0 Å². The van der Waals surface area contributed by atoms with E-state index >= 15 is 0 Å². The van der Waals surface area contributed by atoms with Crippen molar-refractivity contribution in [3.63, 3.8) is 0 Å². The maximum Gasteiger partial charge on any atom is 0.0476 e. The molecule has 3 heteroatoms. The van der Waals surface area contributed by atoms with E-state index in [2.05, 4.69) is 66.3 Å². The molecule has 0 saturated carbocycles. The van der Waals surface area contributed by atoms with E-state index in [0.29, 0.717) is 12.1 Å². The maximum atomic E-state index is 3.61. The van der Waals surface area contributed by atoms with Crippen LogP contribution in [0.15, 0.2) is 30.3 Å². The van der Waals surface area contributed by atoms with Crippen LogP contribution in [0.3, 0.4) is 0 Å². The molecule has 0 radical (unpaired) electrons. The van der Waals surface area contributed by atoms with Crippen molar-refractivity contribution in [1.82, 2.24) is 15.1 Å². The van der Waals surface area contributed by atoms with Crippen molar-refractivity contribution in [2.75, 3.05) is 39.8 Å². The van der Waals surface area contributed by atoms with E-state index < -0.39 is 0 Å². The average molecular weight is 275 g/mol. The van der Waals surface area contributed by atoms with Crippen molar-refractivity contribution in [1.29, 1.82) is 0 Å². The molecule has 0 amide bonds. The molecule has 2 rings (SSSR count). The molecule has 0 spiro atoms. The van der Waals surface area contributed by atoms with E-state index in [4.69, 9.17) is 0 Å². The van der Waals surface area contributed by atoms with Crippen LogP contribution in [0.4, 0.5) is 0 Å². The molecule has 0 aliphatic carbocycles. The fourth-order valence-electron chi connectivity index (χ4n) is 3.13. The SMILES string of the molecule is CCCNCC(c1ccccc1)N1CCN(C)CC1C. The Balaban J connectivity index is 2.09. The van der Waals surface area contributed by atoms with Crippen LogP contribution in [0.1, 0.15) is 31.9 Å². The van der Waals surface area contributed by atoms with Crippen LogP contribution >= 0.6 is 0 Å². The van der Waals surface area contributed by atoms with Gasteiger partial charge in [-0.1, -0.05) is 37.3 Å². The molecule has 1 aromatic rings. The lowest BCUT2D eigenvalue weighted by atomic mass is 10.0. The first-order valence-electron chi connectivity index (χ1n) is 7.92. The van der Waals surface area contributed by atoms with Gasteiger partial charge in [-0.2, -0.15) is 0 Å². The Hall–Kier alpha value is -0.900. The van der Waals surface area contributed by atoms with Crippen LogP contribution in [0.5, 0.6) is 0 Å². The van der Waals surface area contributed by atoms with Gasteiger partial charge in [-0.15, -0.1) is 0 Å². The fourth-order valence-corrected chi connectivity index (χ4v) is 3.13. The van der Waals surface area contributed by atoms with Gasteiger partial charge in [-0.25, -0.2) is 0 Å². The fraction of sp³-hybridized carbons (Fsp3) is 0.647. The summed E-state index contributed by atoms with van der Waals surface area (Å²) in [4.78, 5) is 5.10. The summed E-state index contributed by atoms with van der Waals surface area (Å²) in [6.07, 6.45) is 1.19. The molecular weight excluding hydrogens is 246 g/mol. The topological polar surface area (TPSA) is 18.5 Å². The van der Waals surface area contributed by atoms with Gasteiger partial charge in [0.15, 0.2) is 0 Å². The van der Waals surface area contributed by atoms with Gasteiger partial charge in [0.2, 0.25) is 0 Å². The molecule has 3 nitrogen and oxygen atoms in total. The minimum atomic E-state index is 0.492. The molecule has 2 atom stereocenters. The first kappa shape index (κ1) is 15.5. The highest BCUT2D eigenvalue weighted by atomic mass is 15.3. The minimum Gasteiger partial charge on any atom is -0.315 e. The summed E-state index contributed by atoms with van der Waals surface area (Å²) in [5.41, 5.74) is 1.44. The third-order valence-electron chi connectivity index (χ3n) is 4.23. The highest BCUT2D eigenvalue weighted by Crippen LogP contribution is 2.24.